The molecule has 0 saturated carbocycles. The molecule has 0 aliphatic rings. The van der Waals surface area contributed by atoms with Gasteiger partial charge in [-0.1, -0.05) is 31.5 Å². The number of carbonyl (C=O) groups is 1. The van der Waals surface area contributed by atoms with Crippen molar-refractivity contribution >= 4 is 23.2 Å². The summed E-state index contributed by atoms with van der Waals surface area (Å²) in [5.74, 6) is 0.189. The molecule has 5 heteroatoms. The second-order valence-electron chi connectivity index (χ2n) is 6.16. The molecule has 1 N–H and O–H groups in total. The fourth-order valence-electron chi connectivity index (χ4n) is 2.52. The minimum Gasteiger partial charge on any atom is -0.322 e. The van der Waals surface area contributed by atoms with Crippen molar-refractivity contribution in [1.82, 2.24) is 9.78 Å². The Hall–Kier alpha value is -1.81. The SMILES string of the molecule is Cc1cc(C)cc(NC(=O)c2c(C)nn(CC(C)C)c2Cl)c1. The van der Waals surface area contributed by atoms with Crippen molar-refractivity contribution in [2.45, 2.75) is 41.2 Å². The third-order valence-corrected chi connectivity index (χ3v) is 3.69. The summed E-state index contributed by atoms with van der Waals surface area (Å²) in [6, 6.07) is 5.94. The highest BCUT2D eigenvalue weighted by atomic mass is 35.5. The van der Waals surface area contributed by atoms with Crippen LogP contribution >= 0.6 is 11.6 Å². The van der Waals surface area contributed by atoms with Crippen LogP contribution in [0.4, 0.5) is 5.69 Å². The van der Waals surface area contributed by atoms with Gasteiger partial charge in [-0.3, -0.25) is 9.48 Å². The number of carbonyl (C=O) groups excluding carboxylic acids is 1. The first kappa shape index (κ1) is 16.6. The van der Waals surface area contributed by atoms with Gasteiger partial charge >= 0.3 is 0 Å². The zero-order valence-corrected chi connectivity index (χ0v) is 14.5. The Balaban J connectivity index is 2.28. The van der Waals surface area contributed by atoms with Gasteiger partial charge in [-0.15, -0.1) is 0 Å². The van der Waals surface area contributed by atoms with E-state index in [-0.39, 0.29) is 5.91 Å². The second kappa shape index (κ2) is 6.53. The molecule has 0 spiro atoms. The van der Waals surface area contributed by atoms with Gasteiger partial charge in [0.1, 0.15) is 5.15 Å². The van der Waals surface area contributed by atoms with Crippen LogP contribution in [0.25, 0.3) is 0 Å². The van der Waals surface area contributed by atoms with Crippen molar-refractivity contribution in [3.8, 4) is 0 Å². The van der Waals surface area contributed by atoms with E-state index in [1.165, 1.54) is 0 Å². The van der Waals surface area contributed by atoms with Crippen LogP contribution in [0.5, 0.6) is 0 Å². The van der Waals surface area contributed by atoms with Gasteiger partial charge in [0.05, 0.1) is 11.3 Å². The zero-order valence-electron chi connectivity index (χ0n) is 13.7. The molecule has 1 aromatic carbocycles. The lowest BCUT2D eigenvalue weighted by Gasteiger charge is -2.08. The normalized spacial score (nSPS) is 11.0. The Bertz CT molecular complexity index is 684. The average Bonchev–Trinajstić information content (AvgIpc) is 2.62. The molecule has 1 heterocycles. The summed E-state index contributed by atoms with van der Waals surface area (Å²) in [7, 11) is 0. The van der Waals surface area contributed by atoms with Gasteiger partial charge in [-0.25, -0.2) is 0 Å². The van der Waals surface area contributed by atoms with Crippen molar-refractivity contribution in [3.63, 3.8) is 0 Å². The number of benzene rings is 1. The first-order valence-corrected chi connectivity index (χ1v) is 7.78. The maximum atomic E-state index is 12.5. The van der Waals surface area contributed by atoms with Crippen LogP contribution in [0.15, 0.2) is 18.2 Å². The van der Waals surface area contributed by atoms with Crippen LogP contribution in [0, 0.1) is 26.7 Å². The molecular formula is C17H22ClN3O. The second-order valence-corrected chi connectivity index (χ2v) is 6.52. The molecule has 2 aromatic rings. The number of hydrogen-bond donors (Lipinski definition) is 1. The van der Waals surface area contributed by atoms with E-state index >= 15 is 0 Å². The molecule has 118 valence electrons. The van der Waals surface area contributed by atoms with Crippen LogP contribution in [-0.4, -0.2) is 15.7 Å². The summed E-state index contributed by atoms with van der Waals surface area (Å²) in [5.41, 5.74) is 4.07. The predicted molar refractivity (Wildman–Crippen MR) is 90.7 cm³/mol. The molecule has 4 nitrogen and oxygen atoms in total. The van der Waals surface area contributed by atoms with Gasteiger partial charge in [0.25, 0.3) is 5.91 Å². The molecule has 0 unspecified atom stereocenters. The highest BCUT2D eigenvalue weighted by Gasteiger charge is 2.20. The molecule has 0 radical (unpaired) electrons. The van der Waals surface area contributed by atoms with Crippen LogP contribution in [0.2, 0.25) is 5.15 Å². The van der Waals surface area contributed by atoms with Crippen molar-refractivity contribution in [2.24, 2.45) is 5.92 Å². The van der Waals surface area contributed by atoms with Crippen LogP contribution in [0.3, 0.4) is 0 Å². The number of rotatable bonds is 4. The van der Waals surface area contributed by atoms with E-state index in [4.69, 9.17) is 11.6 Å². The van der Waals surface area contributed by atoms with Gasteiger partial charge in [0, 0.05) is 12.2 Å². The largest absolute Gasteiger partial charge is 0.322 e. The number of aromatic nitrogens is 2. The first-order valence-electron chi connectivity index (χ1n) is 7.40. The summed E-state index contributed by atoms with van der Waals surface area (Å²) < 4.78 is 1.69. The number of nitrogens with zero attached hydrogens (tertiary/aromatic N) is 2. The summed E-state index contributed by atoms with van der Waals surface area (Å²) >= 11 is 6.34. The Morgan fingerprint density at radius 1 is 1.23 bits per heavy atom. The fourth-order valence-corrected chi connectivity index (χ4v) is 2.85. The Labute approximate surface area is 136 Å². The molecule has 0 aliphatic carbocycles. The Morgan fingerprint density at radius 2 is 1.82 bits per heavy atom. The molecule has 22 heavy (non-hydrogen) atoms. The van der Waals surface area contributed by atoms with Gasteiger partial charge in [-0.2, -0.15) is 5.10 Å². The fraction of sp³-hybridized carbons (Fsp3) is 0.412. The van der Waals surface area contributed by atoms with Gasteiger partial charge in [-0.05, 0) is 49.9 Å². The predicted octanol–water partition coefficient (Wildman–Crippen LogP) is 4.37. The Morgan fingerprint density at radius 3 is 2.36 bits per heavy atom. The van der Waals surface area contributed by atoms with E-state index in [1.807, 2.05) is 26.0 Å². The molecule has 0 saturated heterocycles. The highest BCUT2D eigenvalue weighted by molar-refractivity contribution is 6.33. The lowest BCUT2D eigenvalue weighted by atomic mass is 10.1. The third kappa shape index (κ3) is 3.69. The molecule has 0 atom stereocenters. The van der Waals surface area contributed by atoms with Gasteiger partial charge in [0.15, 0.2) is 0 Å². The van der Waals surface area contributed by atoms with Crippen LogP contribution in [-0.2, 0) is 6.54 Å². The summed E-state index contributed by atoms with van der Waals surface area (Å²) in [4.78, 5) is 12.5. The standard InChI is InChI=1S/C17H22ClN3O/c1-10(2)9-21-16(18)15(13(5)20-21)17(22)19-14-7-11(3)6-12(4)8-14/h6-8,10H,9H2,1-5H3,(H,19,22). The monoisotopic (exact) mass is 319 g/mol. The number of hydrogen-bond acceptors (Lipinski definition) is 2. The maximum absolute atomic E-state index is 12.5. The summed E-state index contributed by atoms with van der Waals surface area (Å²) in [6.45, 7) is 10.7. The van der Waals surface area contributed by atoms with Crippen LogP contribution < -0.4 is 5.32 Å². The van der Waals surface area contributed by atoms with Crippen molar-refractivity contribution in [1.29, 1.82) is 0 Å². The van der Waals surface area contributed by atoms with E-state index in [1.54, 1.807) is 11.6 Å². The minimum absolute atomic E-state index is 0.220. The smallest absolute Gasteiger partial charge is 0.260 e. The first-order chi connectivity index (χ1) is 10.3. The minimum atomic E-state index is -0.220. The van der Waals surface area contributed by atoms with E-state index in [2.05, 4.69) is 30.3 Å². The molecule has 0 fully saturated rings. The van der Waals surface area contributed by atoms with Crippen molar-refractivity contribution in [3.05, 3.63) is 45.7 Å². The highest BCUT2D eigenvalue weighted by Crippen LogP contribution is 2.23. The number of anilines is 1. The quantitative estimate of drug-likeness (QED) is 0.909. The maximum Gasteiger partial charge on any atom is 0.260 e. The lowest BCUT2D eigenvalue weighted by Crippen LogP contribution is -2.13. The summed E-state index contributed by atoms with van der Waals surface area (Å²) in [5, 5.41) is 7.68. The topological polar surface area (TPSA) is 46.9 Å². The Kier molecular flexibility index (Phi) is 4.91. The molecule has 0 aliphatic heterocycles. The van der Waals surface area contributed by atoms with Crippen molar-refractivity contribution in [2.75, 3.05) is 5.32 Å². The average molecular weight is 320 g/mol. The van der Waals surface area contributed by atoms with E-state index < -0.39 is 0 Å². The van der Waals surface area contributed by atoms with E-state index in [0.29, 0.717) is 28.9 Å². The van der Waals surface area contributed by atoms with E-state index in [9.17, 15) is 4.79 Å². The summed E-state index contributed by atoms with van der Waals surface area (Å²) in [6.07, 6.45) is 0. The number of halogens is 1. The molecule has 1 amide bonds. The molecule has 2 rings (SSSR count). The molecular weight excluding hydrogens is 298 g/mol. The number of amides is 1. The van der Waals surface area contributed by atoms with Crippen LogP contribution in [0.1, 0.15) is 41.0 Å². The number of nitrogens with one attached hydrogen (secondary N) is 1. The molecule has 0 bridgehead atoms. The van der Waals surface area contributed by atoms with Crippen molar-refractivity contribution < 1.29 is 4.79 Å². The zero-order chi connectivity index (χ0) is 16.4. The molecule has 1 aromatic heterocycles. The number of aryl methyl sites for hydroxylation is 3. The van der Waals surface area contributed by atoms with E-state index in [0.717, 1.165) is 16.8 Å². The van der Waals surface area contributed by atoms with Gasteiger partial charge in [0.2, 0.25) is 0 Å². The lowest BCUT2D eigenvalue weighted by molar-refractivity contribution is 0.102. The third-order valence-electron chi connectivity index (χ3n) is 3.31. The van der Waals surface area contributed by atoms with Gasteiger partial charge < -0.3 is 5.32 Å².